The van der Waals surface area contributed by atoms with E-state index in [1.54, 1.807) is 0 Å². The number of ether oxygens (including phenoxy) is 2. The monoisotopic (exact) mass is 470 g/mol. The molecule has 0 radical (unpaired) electrons. The highest BCUT2D eigenvalue weighted by atomic mass is 35.5. The maximum atomic E-state index is 13.1. The van der Waals surface area contributed by atoms with Crippen LogP contribution >= 0.6 is 23.4 Å². The quantitative estimate of drug-likeness (QED) is 0.516. The highest BCUT2D eigenvalue weighted by Crippen LogP contribution is 2.38. The zero-order valence-electron chi connectivity index (χ0n) is 17.7. The first-order valence-corrected chi connectivity index (χ1v) is 11.9. The van der Waals surface area contributed by atoms with Crippen LogP contribution in [0.3, 0.4) is 0 Å². The smallest absolute Gasteiger partial charge is 0.233 e. The molecule has 3 heterocycles. The number of hydrogen-bond acceptors (Lipinski definition) is 6. The highest BCUT2D eigenvalue weighted by molar-refractivity contribution is 7.99. The van der Waals surface area contributed by atoms with Crippen LogP contribution in [0.25, 0.3) is 11.4 Å². The molecule has 0 aliphatic carbocycles. The van der Waals surface area contributed by atoms with Crippen molar-refractivity contribution < 1.29 is 14.3 Å². The fraction of sp³-hybridized carbons (Fsp3) is 0.348. The largest absolute Gasteiger partial charge is 0.486 e. The minimum atomic E-state index is 0.0584. The molecule has 2 aliphatic heterocycles. The molecule has 0 bridgehead atoms. The van der Waals surface area contributed by atoms with E-state index in [-0.39, 0.29) is 11.9 Å². The average Bonchev–Trinajstić information content (AvgIpc) is 3.45. The number of halogens is 1. The number of likely N-dealkylation sites (tertiary alicyclic amines) is 1. The molecule has 1 fully saturated rings. The normalized spacial score (nSPS) is 17.6. The summed E-state index contributed by atoms with van der Waals surface area (Å²) in [5.41, 5.74) is 2.02. The van der Waals surface area contributed by atoms with Gasteiger partial charge in [-0.15, -0.1) is 10.2 Å². The first kappa shape index (κ1) is 21.2. The van der Waals surface area contributed by atoms with Crippen LogP contribution in [0.4, 0.5) is 0 Å². The molecule has 7 nitrogen and oxygen atoms in total. The lowest BCUT2D eigenvalue weighted by atomic mass is 10.0. The molecular weight excluding hydrogens is 448 g/mol. The number of fused-ring (bicyclic) bond motifs is 1. The Hall–Kier alpha value is -2.71. The summed E-state index contributed by atoms with van der Waals surface area (Å²) in [5.74, 6) is 2.69. The van der Waals surface area contributed by atoms with E-state index in [0.29, 0.717) is 29.1 Å². The van der Waals surface area contributed by atoms with Crippen molar-refractivity contribution in [2.75, 3.05) is 25.5 Å². The van der Waals surface area contributed by atoms with Gasteiger partial charge in [0.1, 0.15) is 13.2 Å². The van der Waals surface area contributed by atoms with Crippen LogP contribution in [-0.2, 0) is 11.8 Å². The Bertz CT molecular complexity index is 1130. The number of rotatable bonds is 5. The maximum Gasteiger partial charge on any atom is 0.233 e. The van der Waals surface area contributed by atoms with E-state index in [9.17, 15) is 4.79 Å². The molecule has 1 amide bonds. The maximum absolute atomic E-state index is 13.1. The fourth-order valence-corrected chi connectivity index (χ4v) is 5.10. The number of nitrogens with zero attached hydrogens (tertiary/aromatic N) is 4. The van der Waals surface area contributed by atoms with Crippen molar-refractivity contribution in [3.8, 4) is 22.9 Å². The summed E-state index contributed by atoms with van der Waals surface area (Å²) < 4.78 is 13.3. The van der Waals surface area contributed by atoms with Crippen molar-refractivity contribution in [3.05, 3.63) is 53.1 Å². The number of carbonyl (C=O) groups is 1. The van der Waals surface area contributed by atoms with Crippen molar-refractivity contribution in [1.29, 1.82) is 0 Å². The number of carbonyl (C=O) groups excluding carboxylic acids is 1. The minimum absolute atomic E-state index is 0.0584. The van der Waals surface area contributed by atoms with Gasteiger partial charge in [-0.2, -0.15) is 0 Å². The summed E-state index contributed by atoms with van der Waals surface area (Å²) in [7, 11) is 1.91. The molecule has 9 heteroatoms. The Morgan fingerprint density at radius 3 is 2.72 bits per heavy atom. The lowest BCUT2D eigenvalue weighted by Crippen LogP contribution is -2.32. The molecule has 1 saturated heterocycles. The zero-order valence-corrected chi connectivity index (χ0v) is 19.2. The number of aromatic nitrogens is 3. The van der Waals surface area contributed by atoms with E-state index in [0.717, 1.165) is 47.8 Å². The Morgan fingerprint density at radius 2 is 1.91 bits per heavy atom. The standard InChI is InChI=1S/C23H23ClN4O3S/c1-27-22(15-4-7-17(24)8-5-15)25-26-23(27)32-14-21(29)28-10-2-3-18(28)16-6-9-19-20(13-16)31-12-11-30-19/h4-9,13,18H,2-3,10-12,14H2,1H3. The van der Waals surface area contributed by atoms with Gasteiger partial charge in [-0.1, -0.05) is 29.4 Å². The molecule has 0 spiro atoms. The molecule has 1 atom stereocenters. The summed E-state index contributed by atoms with van der Waals surface area (Å²) >= 11 is 7.39. The van der Waals surface area contributed by atoms with Gasteiger partial charge in [0.15, 0.2) is 22.5 Å². The van der Waals surface area contributed by atoms with Crippen LogP contribution in [0.5, 0.6) is 11.5 Å². The van der Waals surface area contributed by atoms with Crippen LogP contribution in [0, 0.1) is 0 Å². The summed E-state index contributed by atoms with van der Waals surface area (Å²) in [6.45, 7) is 1.88. The van der Waals surface area contributed by atoms with Crippen LogP contribution < -0.4 is 9.47 Å². The van der Waals surface area contributed by atoms with Gasteiger partial charge in [0, 0.05) is 24.2 Å². The van der Waals surface area contributed by atoms with Gasteiger partial charge in [-0.3, -0.25) is 4.79 Å². The second kappa shape index (κ2) is 9.03. The van der Waals surface area contributed by atoms with E-state index in [2.05, 4.69) is 10.2 Å². The molecule has 166 valence electrons. The summed E-state index contributed by atoms with van der Waals surface area (Å²) in [4.78, 5) is 15.1. The molecule has 1 aromatic heterocycles. The predicted molar refractivity (Wildman–Crippen MR) is 123 cm³/mol. The third kappa shape index (κ3) is 4.17. The van der Waals surface area contributed by atoms with Gasteiger partial charge >= 0.3 is 0 Å². The Labute approximate surface area is 195 Å². The van der Waals surface area contributed by atoms with Crippen LogP contribution in [-0.4, -0.2) is 51.1 Å². The lowest BCUT2D eigenvalue weighted by Gasteiger charge is -2.26. The molecule has 1 unspecified atom stereocenters. The van der Waals surface area contributed by atoms with E-state index >= 15 is 0 Å². The summed E-state index contributed by atoms with van der Waals surface area (Å²) in [6.07, 6.45) is 1.93. The van der Waals surface area contributed by atoms with Crippen molar-refractivity contribution in [1.82, 2.24) is 19.7 Å². The van der Waals surface area contributed by atoms with E-state index in [1.807, 2.05) is 59.0 Å². The molecule has 5 rings (SSSR count). The minimum Gasteiger partial charge on any atom is -0.486 e. The van der Waals surface area contributed by atoms with Crippen LogP contribution in [0.15, 0.2) is 47.6 Å². The van der Waals surface area contributed by atoms with Gasteiger partial charge in [0.05, 0.1) is 11.8 Å². The van der Waals surface area contributed by atoms with Crippen molar-refractivity contribution >= 4 is 29.3 Å². The summed E-state index contributed by atoms with van der Waals surface area (Å²) in [5, 5.41) is 9.96. The number of thioether (sulfide) groups is 1. The summed E-state index contributed by atoms with van der Waals surface area (Å²) in [6, 6.07) is 13.5. The first-order valence-electron chi connectivity index (χ1n) is 10.6. The number of hydrogen-bond donors (Lipinski definition) is 0. The lowest BCUT2D eigenvalue weighted by molar-refractivity contribution is -0.129. The molecule has 0 N–H and O–H groups in total. The predicted octanol–water partition coefficient (Wildman–Crippen LogP) is 4.36. The Morgan fingerprint density at radius 1 is 1.12 bits per heavy atom. The zero-order chi connectivity index (χ0) is 22.1. The van der Waals surface area contributed by atoms with Crippen molar-refractivity contribution in [2.24, 2.45) is 7.05 Å². The Kier molecular flexibility index (Phi) is 5.97. The van der Waals surface area contributed by atoms with E-state index in [4.69, 9.17) is 21.1 Å². The van der Waals surface area contributed by atoms with Gasteiger partial charge in [-0.05, 0) is 54.8 Å². The second-order valence-electron chi connectivity index (χ2n) is 7.81. The fourth-order valence-electron chi connectivity index (χ4n) is 4.18. The van der Waals surface area contributed by atoms with Crippen molar-refractivity contribution in [3.63, 3.8) is 0 Å². The molecule has 2 aliphatic rings. The van der Waals surface area contributed by atoms with Gasteiger partial charge in [0.2, 0.25) is 5.91 Å². The molecular formula is C23H23ClN4O3S. The average molecular weight is 471 g/mol. The highest BCUT2D eigenvalue weighted by Gasteiger charge is 2.31. The van der Waals surface area contributed by atoms with Crippen molar-refractivity contribution in [2.45, 2.75) is 24.0 Å². The molecule has 32 heavy (non-hydrogen) atoms. The van der Waals surface area contributed by atoms with Gasteiger partial charge in [0.25, 0.3) is 0 Å². The molecule has 3 aromatic rings. The SMILES string of the molecule is Cn1c(SCC(=O)N2CCCC2c2ccc3c(c2)OCCO3)nnc1-c1ccc(Cl)cc1. The molecule has 2 aromatic carbocycles. The van der Waals surface area contributed by atoms with Crippen LogP contribution in [0.1, 0.15) is 24.4 Å². The topological polar surface area (TPSA) is 69.5 Å². The van der Waals surface area contributed by atoms with Crippen LogP contribution in [0.2, 0.25) is 5.02 Å². The second-order valence-corrected chi connectivity index (χ2v) is 9.19. The van der Waals surface area contributed by atoms with E-state index < -0.39 is 0 Å². The first-order chi connectivity index (χ1) is 15.6. The molecule has 0 saturated carbocycles. The third-order valence-corrected chi connectivity index (χ3v) is 7.04. The van der Waals surface area contributed by atoms with E-state index in [1.165, 1.54) is 11.8 Å². The van der Waals surface area contributed by atoms with Gasteiger partial charge in [-0.25, -0.2) is 0 Å². The van der Waals surface area contributed by atoms with Gasteiger partial charge < -0.3 is 18.9 Å². The Balaban J connectivity index is 1.26. The number of amides is 1. The number of benzene rings is 2. The third-order valence-electron chi connectivity index (χ3n) is 5.79.